The van der Waals surface area contributed by atoms with Gasteiger partial charge in [0, 0.05) is 31.4 Å². The van der Waals surface area contributed by atoms with Gasteiger partial charge in [-0.25, -0.2) is 4.79 Å². The van der Waals surface area contributed by atoms with Crippen LogP contribution in [0.1, 0.15) is 13.3 Å². The first-order valence-electron chi connectivity index (χ1n) is 4.95. The van der Waals surface area contributed by atoms with E-state index in [0.717, 1.165) is 26.1 Å². The number of carboxylic acids is 1. The summed E-state index contributed by atoms with van der Waals surface area (Å²) in [6.07, 6.45) is 3.98. The molecule has 0 radical (unpaired) electrons. The molecule has 1 fully saturated rings. The molecule has 1 N–H and O–H groups in total. The molecule has 0 aromatic heterocycles. The summed E-state index contributed by atoms with van der Waals surface area (Å²) in [5.74, 6) is -0.880. The van der Waals surface area contributed by atoms with Gasteiger partial charge < -0.3 is 14.9 Å². The molecule has 1 heterocycles. The fourth-order valence-electron chi connectivity index (χ4n) is 1.77. The lowest BCUT2D eigenvalue weighted by molar-refractivity contribution is -0.131. The van der Waals surface area contributed by atoms with Crippen LogP contribution in [0.25, 0.3) is 0 Å². The summed E-state index contributed by atoms with van der Waals surface area (Å²) in [5.41, 5.74) is 0. The number of likely N-dealkylation sites (N-methyl/N-ethyl adjacent to an activating group) is 1. The molecule has 4 heteroatoms. The Kier molecular flexibility index (Phi) is 3.95. The van der Waals surface area contributed by atoms with Crippen LogP contribution >= 0.6 is 0 Å². The maximum Gasteiger partial charge on any atom is 0.329 e. The monoisotopic (exact) mass is 198 g/mol. The predicted octanol–water partition coefficient (Wildman–Crippen LogP) is 0.611. The minimum Gasteiger partial charge on any atom is -0.478 e. The lowest BCUT2D eigenvalue weighted by Gasteiger charge is -2.26. The van der Waals surface area contributed by atoms with Crippen molar-refractivity contribution in [2.45, 2.75) is 19.4 Å². The van der Waals surface area contributed by atoms with E-state index >= 15 is 0 Å². The minimum absolute atomic E-state index is 0.387. The molecule has 0 aliphatic carbocycles. The number of hydrogen-bond acceptors (Lipinski definition) is 3. The fourth-order valence-corrected chi connectivity index (χ4v) is 1.77. The molecule has 1 unspecified atom stereocenters. The van der Waals surface area contributed by atoms with Crippen LogP contribution in [-0.4, -0.2) is 53.6 Å². The lowest BCUT2D eigenvalue weighted by Crippen LogP contribution is -2.34. The van der Waals surface area contributed by atoms with Gasteiger partial charge in [-0.1, -0.05) is 0 Å². The first kappa shape index (κ1) is 11.0. The van der Waals surface area contributed by atoms with Gasteiger partial charge >= 0.3 is 5.97 Å². The van der Waals surface area contributed by atoms with E-state index < -0.39 is 5.97 Å². The van der Waals surface area contributed by atoms with Crippen LogP contribution < -0.4 is 0 Å². The van der Waals surface area contributed by atoms with Gasteiger partial charge in [-0.05, 0) is 26.9 Å². The molecule has 0 saturated carbocycles. The summed E-state index contributed by atoms with van der Waals surface area (Å²) in [5, 5.41) is 8.53. The Morgan fingerprint density at radius 1 is 1.50 bits per heavy atom. The summed E-state index contributed by atoms with van der Waals surface area (Å²) >= 11 is 0. The van der Waals surface area contributed by atoms with Crippen molar-refractivity contribution in [3.63, 3.8) is 0 Å². The van der Waals surface area contributed by atoms with Crippen LogP contribution in [0, 0.1) is 0 Å². The van der Waals surface area contributed by atoms with Gasteiger partial charge in [0.1, 0.15) is 0 Å². The van der Waals surface area contributed by atoms with Crippen molar-refractivity contribution >= 4 is 5.97 Å². The van der Waals surface area contributed by atoms with Crippen molar-refractivity contribution in [2.75, 3.05) is 26.7 Å². The van der Waals surface area contributed by atoms with Crippen molar-refractivity contribution < 1.29 is 9.90 Å². The molecule has 0 aromatic carbocycles. The molecule has 1 saturated heterocycles. The van der Waals surface area contributed by atoms with E-state index in [1.807, 2.05) is 0 Å². The number of carboxylic acid groups (broad SMARTS) is 1. The summed E-state index contributed by atoms with van der Waals surface area (Å²) in [6.45, 7) is 5.13. The number of rotatable bonds is 2. The van der Waals surface area contributed by atoms with E-state index in [1.165, 1.54) is 6.08 Å². The molecule has 0 amide bonds. The molecule has 1 aliphatic heterocycles. The highest BCUT2D eigenvalue weighted by molar-refractivity contribution is 5.79. The van der Waals surface area contributed by atoms with Crippen LogP contribution in [-0.2, 0) is 4.79 Å². The second-order valence-corrected chi connectivity index (χ2v) is 3.86. The first-order valence-corrected chi connectivity index (χ1v) is 4.95. The molecule has 0 spiro atoms. The largest absolute Gasteiger partial charge is 0.478 e. The van der Waals surface area contributed by atoms with E-state index in [2.05, 4.69) is 23.8 Å². The van der Waals surface area contributed by atoms with Crippen molar-refractivity contribution in [2.24, 2.45) is 0 Å². The zero-order chi connectivity index (χ0) is 10.6. The van der Waals surface area contributed by atoms with E-state index in [9.17, 15) is 4.79 Å². The summed E-state index contributed by atoms with van der Waals surface area (Å²) in [4.78, 5) is 14.7. The zero-order valence-electron chi connectivity index (χ0n) is 8.81. The maximum atomic E-state index is 10.4. The standard InChI is InChI=1S/C10H18N2O2/c1-9-8-11(2)5-3-6-12(9)7-4-10(13)14/h4,7,9H,3,5-6,8H2,1-2H3,(H,13,14)/b7-4+. The van der Waals surface area contributed by atoms with E-state index in [1.54, 1.807) is 6.20 Å². The highest BCUT2D eigenvalue weighted by Gasteiger charge is 2.16. The van der Waals surface area contributed by atoms with Gasteiger partial charge in [0.2, 0.25) is 0 Å². The van der Waals surface area contributed by atoms with Crippen LogP contribution in [0.4, 0.5) is 0 Å². The first-order chi connectivity index (χ1) is 6.59. The predicted molar refractivity (Wildman–Crippen MR) is 55.1 cm³/mol. The van der Waals surface area contributed by atoms with Crippen LogP contribution in [0.2, 0.25) is 0 Å². The Labute approximate surface area is 84.8 Å². The van der Waals surface area contributed by atoms with Crippen molar-refractivity contribution in [1.82, 2.24) is 9.80 Å². The molecular formula is C10H18N2O2. The van der Waals surface area contributed by atoms with Gasteiger partial charge in [0.05, 0.1) is 0 Å². The Balaban J connectivity index is 2.54. The third-order valence-corrected chi connectivity index (χ3v) is 2.51. The van der Waals surface area contributed by atoms with Crippen LogP contribution in [0.15, 0.2) is 12.3 Å². The summed E-state index contributed by atoms with van der Waals surface area (Å²) < 4.78 is 0. The quantitative estimate of drug-likeness (QED) is 0.660. The van der Waals surface area contributed by atoms with Gasteiger partial charge in [-0.2, -0.15) is 0 Å². The molecule has 1 atom stereocenters. The molecule has 4 nitrogen and oxygen atoms in total. The van der Waals surface area contributed by atoms with E-state index in [4.69, 9.17) is 5.11 Å². The molecule has 0 bridgehead atoms. The van der Waals surface area contributed by atoms with Gasteiger partial charge in [0.25, 0.3) is 0 Å². The SMILES string of the molecule is CC1CN(C)CCCN1/C=C/C(=O)O. The average molecular weight is 198 g/mol. The normalized spacial score (nSPS) is 25.3. The fraction of sp³-hybridized carbons (Fsp3) is 0.700. The summed E-state index contributed by atoms with van der Waals surface area (Å²) in [6, 6.07) is 0.387. The van der Waals surface area contributed by atoms with E-state index in [0.29, 0.717) is 6.04 Å². The number of hydrogen-bond donors (Lipinski definition) is 1. The molecule has 14 heavy (non-hydrogen) atoms. The lowest BCUT2D eigenvalue weighted by atomic mass is 10.3. The highest BCUT2D eigenvalue weighted by Crippen LogP contribution is 2.08. The molecular weight excluding hydrogens is 180 g/mol. The zero-order valence-corrected chi connectivity index (χ0v) is 8.81. The second kappa shape index (κ2) is 5.00. The van der Waals surface area contributed by atoms with Crippen LogP contribution in [0.5, 0.6) is 0 Å². The topological polar surface area (TPSA) is 43.8 Å². The maximum absolute atomic E-state index is 10.4. The minimum atomic E-state index is -0.880. The van der Waals surface area contributed by atoms with Crippen molar-refractivity contribution in [1.29, 1.82) is 0 Å². The Hall–Kier alpha value is -1.03. The van der Waals surface area contributed by atoms with Crippen molar-refractivity contribution in [3.05, 3.63) is 12.3 Å². The number of nitrogens with zero attached hydrogens (tertiary/aromatic N) is 2. The number of aliphatic carboxylic acids is 1. The molecule has 1 aliphatic rings. The Morgan fingerprint density at radius 3 is 2.86 bits per heavy atom. The summed E-state index contributed by atoms with van der Waals surface area (Å²) in [7, 11) is 2.10. The Morgan fingerprint density at radius 2 is 2.21 bits per heavy atom. The molecule has 80 valence electrons. The number of carbonyl (C=O) groups is 1. The average Bonchev–Trinajstić information content (AvgIpc) is 2.23. The van der Waals surface area contributed by atoms with Gasteiger partial charge in [-0.3, -0.25) is 0 Å². The van der Waals surface area contributed by atoms with Gasteiger partial charge in [0.15, 0.2) is 0 Å². The highest BCUT2D eigenvalue weighted by atomic mass is 16.4. The van der Waals surface area contributed by atoms with Crippen molar-refractivity contribution in [3.8, 4) is 0 Å². The third-order valence-electron chi connectivity index (χ3n) is 2.51. The van der Waals surface area contributed by atoms with Crippen LogP contribution in [0.3, 0.4) is 0 Å². The molecule has 1 rings (SSSR count). The van der Waals surface area contributed by atoms with Gasteiger partial charge in [-0.15, -0.1) is 0 Å². The molecule has 0 aromatic rings. The Bertz CT molecular complexity index is 228. The second-order valence-electron chi connectivity index (χ2n) is 3.86. The smallest absolute Gasteiger partial charge is 0.329 e. The van der Waals surface area contributed by atoms with E-state index in [-0.39, 0.29) is 0 Å². The third kappa shape index (κ3) is 3.38.